The van der Waals surface area contributed by atoms with Gasteiger partial charge in [-0.15, -0.1) is 0 Å². The van der Waals surface area contributed by atoms with Crippen LogP contribution in [0.3, 0.4) is 0 Å². The first-order valence-corrected chi connectivity index (χ1v) is 15.7. The Morgan fingerprint density at radius 1 is 0.955 bits per heavy atom. The van der Waals surface area contributed by atoms with Crippen molar-refractivity contribution in [2.75, 3.05) is 4.90 Å². The first kappa shape index (κ1) is 28.6. The van der Waals surface area contributed by atoms with Crippen molar-refractivity contribution in [3.05, 3.63) is 112 Å². The Kier molecular flexibility index (Phi) is 6.62. The van der Waals surface area contributed by atoms with Crippen LogP contribution in [0.1, 0.15) is 68.1 Å². The zero-order valence-electron chi connectivity index (χ0n) is 24.7. The molecular formula is C36H36N2O6. The van der Waals surface area contributed by atoms with E-state index in [1.807, 2.05) is 49.4 Å². The number of nitrogens with zero attached hydrogens (tertiary/aromatic N) is 2. The molecule has 1 N–H and O–H groups in total. The van der Waals surface area contributed by atoms with Gasteiger partial charge in [-0.2, -0.15) is 0 Å². The van der Waals surface area contributed by atoms with Gasteiger partial charge in [-0.25, -0.2) is 0 Å². The van der Waals surface area contributed by atoms with Crippen molar-refractivity contribution in [2.45, 2.75) is 75.0 Å². The van der Waals surface area contributed by atoms with Crippen LogP contribution in [0.5, 0.6) is 0 Å². The molecule has 1 aliphatic heterocycles. The molecule has 3 aromatic carbocycles. The molecule has 0 unspecified atom stereocenters. The minimum absolute atomic E-state index is 0.00832. The smallest absolute Gasteiger partial charge is 0.250 e. The van der Waals surface area contributed by atoms with Gasteiger partial charge in [-0.3, -0.25) is 24.5 Å². The predicted octanol–water partition coefficient (Wildman–Crippen LogP) is 5.39. The number of amides is 1. The summed E-state index contributed by atoms with van der Waals surface area (Å²) in [4.78, 5) is 59.4. The highest BCUT2D eigenvalue weighted by Crippen LogP contribution is 2.74. The lowest BCUT2D eigenvalue weighted by atomic mass is 9.38. The minimum Gasteiger partial charge on any atom is -0.382 e. The van der Waals surface area contributed by atoms with Crippen molar-refractivity contribution in [1.29, 1.82) is 0 Å². The second kappa shape index (κ2) is 10.2. The molecule has 0 aromatic heterocycles. The lowest BCUT2D eigenvalue weighted by molar-refractivity contribution is -0.565. The van der Waals surface area contributed by atoms with Gasteiger partial charge in [-0.05, 0) is 47.9 Å². The molecule has 3 fully saturated rings. The van der Waals surface area contributed by atoms with E-state index in [4.69, 9.17) is 0 Å². The molecule has 3 saturated carbocycles. The topological polar surface area (TPSA) is 118 Å². The summed E-state index contributed by atoms with van der Waals surface area (Å²) in [7, 11) is 0. The third-order valence-electron chi connectivity index (χ3n) is 11.2. The maximum atomic E-state index is 15.5. The summed E-state index contributed by atoms with van der Waals surface area (Å²) in [5.74, 6) is -4.01. The quantitative estimate of drug-likeness (QED) is 0.303. The van der Waals surface area contributed by atoms with E-state index in [-0.39, 0.29) is 37.4 Å². The van der Waals surface area contributed by atoms with Crippen LogP contribution in [0.2, 0.25) is 0 Å². The van der Waals surface area contributed by atoms with E-state index in [9.17, 15) is 24.8 Å². The second-order valence-electron chi connectivity index (χ2n) is 13.0. The highest BCUT2D eigenvalue weighted by Gasteiger charge is 2.86. The molecule has 1 amide bonds. The van der Waals surface area contributed by atoms with Crippen molar-refractivity contribution in [3.8, 4) is 0 Å². The van der Waals surface area contributed by atoms with Gasteiger partial charge in [0.1, 0.15) is 22.6 Å². The van der Waals surface area contributed by atoms with E-state index in [1.165, 1.54) is 0 Å². The Hall–Kier alpha value is -4.17. The van der Waals surface area contributed by atoms with Gasteiger partial charge in [-0.1, -0.05) is 92.2 Å². The van der Waals surface area contributed by atoms with Crippen LogP contribution in [0.4, 0.5) is 5.69 Å². The van der Waals surface area contributed by atoms with E-state index in [1.54, 1.807) is 47.4 Å². The van der Waals surface area contributed by atoms with E-state index in [0.717, 1.165) is 5.56 Å². The van der Waals surface area contributed by atoms with Gasteiger partial charge in [0.25, 0.3) is 0 Å². The lowest BCUT2D eigenvalue weighted by Gasteiger charge is -2.62. The Morgan fingerprint density at radius 3 is 2.30 bits per heavy atom. The van der Waals surface area contributed by atoms with Gasteiger partial charge in [0.2, 0.25) is 11.9 Å². The third-order valence-corrected chi connectivity index (χ3v) is 11.2. The molecule has 8 nitrogen and oxygen atoms in total. The molecular weight excluding hydrogens is 556 g/mol. The summed E-state index contributed by atoms with van der Waals surface area (Å²) in [5, 5.41) is 26.4. The van der Waals surface area contributed by atoms with Crippen molar-refractivity contribution < 1.29 is 24.4 Å². The van der Waals surface area contributed by atoms with Crippen LogP contribution in [0, 0.1) is 27.4 Å². The molecule has 1 heterocycles. The molecule has 8 heteroatoms. The lowest BCUT2D eigenvalue weighted by Crippen LogP contribution is -2.78. The standard InChI is InChI=1S/C36H36N2O6/c1-2-12-25-21-28(39)31-35(26-17-9-10-18-27(26)37(33(35)41)22-23-13-5-3-6-14-23)30(24-15-7-4-8-16-24)32(38(43)44)34(42)20-11-19-29(40)36(25,31)34/h3-10,13-18,25,30-32,42H,2,11-12,19-22H2,1H3/t25-,30-,31+,32-,34-,35-,36-/m1/s1. The molecule has 0 bridgehead atoms. The molecule has 3 aliphatic carbocycles. The van der Waals surface area contributed by atoms with Crippen LogP contribution < -0.4 is 4.90 Å². The first-order valence-electron chi connectivity index (χ1n) is 15.7. The maximum Gasteiger partial charge on any atom is 0.250 e. The highest BCUT2D eigenvalue weighted by molar-refractivity contribution is 6.14. The number of fused-ring (bicyclic) bond motifs is 3. The number of carbonyl (C=O) groups is 3. The fourth-order valence-corrected chi connectivity index (χ4v) is 9.98. The first-order chi connectivity index (χ1) is 21.2. The molecule has 7 atom stereocenters. The number of Topliss-reactive ketones (excluding diaryl/α,β-unsaturated/α-hetero) is 2. The SMILES string of the molecule is CCC[C@@H]1CC(=O)[C@H]2[C@]3(C(=O)N(Cc4ccccc4)c4ccccc43)[C@H](c3ccccc3)[C@@H]([N+](=O)[O-])[C@]3(O)CCCC(=O)[C@]123. The maximum absolute atomic E-state index is 15.5. The normalized spacial score (nSPS) is 34.1. The zero-order chi connectivity index (χ0) is 30.9. The largest absolute Gasteiger partial charge is 0.382 e. The highest BCUT2D eigenvalue weighted by atomic mass is 16.6. The van der Waals surface area contributed by atoms with Crippen LogP contribution in [0.15, 0.2) is 84.9 Å². The van der Waals surface area contributed by atoms with Crippen LogP contribution in [0.25, 0.3) is 0 Å². The fourth-order valence-electron chi connectivity index (χ4n) is 9.98. The second-order valence-corrected chi connectivity index (χ2v) is 13.0. The Morgan fingerprint density at radius 2 is 1.61 bits per heavy atom. The Bertz CT molecular complexity index is 1660. The number of nitro groups is 1. The van der Waals surface area contributed by atoms with E-state index >= 15 is 4.79 Å². The van der Waals surface area contributed by atoms with Crippen LogP contribution >= 0.6 is 0 Å². The number of ketones is 2. The summed E-state index contributed by atoms with van der Waals surface area (Å²) in [5.41, 5.74) is -3.12. The number of para-hydroxylation sites is 1. The van der Waals surface area contributed by atoms with Gasteiger partial charge in [0.15, 0.2) is 0 Å². The number of hydrogen-bond acceptors (Lipinski definition) is 6. The molecule has 3 aromatic rings. The number of anilines is 1. The Labute approximate surface area is 256 Å². The van der Waals surface area contributed by atoms with E-state index in [2.05, 4.69) is 0 Å². The number of hydrogen-bond donors (Lipinski definition) is 1. The summed E-state index contributed by atoms with van der Waals surface area (Å²) in [6, 6.07) is 23.9. The molecule has 226 valence electrons. The molecule has 44 heavy (non-hydrogen) atoms. The van der Waals surface area contributed by atoms with Crippen LogP contribution in [-0.2, 0) is 26.3 Å². The van der Waals surface area contributed by atoms with Crippen LogP contribution in [-0.4, -0.2) is 39.1 Å². The average molecular weight is 593 g/mol. The predicted molar refractivity (Wildman–Crippen MR) is 163 cm³/mol. The minimum atomic E-state index is -2.10. The number of aliphatic hydroxyl groups is 1. The number of benzene rings is 3. The van der Waals surface area contributed by atoms with Crippen molar-refractivity contribution in [1.82, 2.24) is 0 Å². The van der Waals surface area contributed by atoms with Crippen molar-refractivity contribution in [2.24, 2.45) is 17.3 Å². The van der Waals surface area contributed by atoms with Crippen molar-refractivity contribution in [3.63, 3.8) is 0 Å². The van der Waals surface area contributed by atoms with Gasteiger partial charge < -0.3 is 10.0 Å². The van der Waals surface area contributed by atoms with E-state index in [0.29, 0.717) is 36.1 Å². The van der Waals surface area contributed by atoms with E-state index < -0.39 is 51.1 Å². The monoisotopic (exact) mass is 592 g/mol. The molecule has 0 radical (unpaired) electrons. The van der Waals surface area contributed by atoms with Gasteiger partial charge in [0, 0.05) is 23.5 Å². The summed E-state index contributed by atoms with van der Waals surface area (Å²) < 4.78 is 0. The molecule has 2 spiro atoms. The molecule has 7 rings (SSSR count). The van der Waals surface area contributed by atoms with Gasteiger partial charge >= 0.3 is 0 Å². The summed E-state index contributed by atoms with van der Waals surface area (Å²) >= 11 is 0. The summed E-state index contributed by atoms with van der Waals surface area (Å²) in [6.45, 7) is 2.16. The third kappa shape index (κ3) is 3.46. The molecule has 0 saturated heterocycles. The zero-order valence-corrected chi connectivity index (χ0v) is 24.7. The average Bonchev–Trinajstić information content (AvgIpc) is 3.45. The summed E-state index contributed by atoms with van der Waals surface area (Å²) in [6.07, 6.45) is 1.54. The number of carbonyl (C=O) groups excluding carboxylic acids is 3. The fraction of sp³-hybridized carbons (Fsp3) is 0.417. The Balaban J connectivity index is 1.60. The van der Waals surface area contributed by atoms with Crippen molar-refractivity contribution >= 4 is 23.2 Å². The molecule has 4 aliphatic rings. The number of rotatable bonds is 6. The van der Waals surface area contributed by atoms with Gasteiger partial charge in [0.05, 0.1) is 23.8 Å².